The summed E-state index contributed by atoms with van der Waals surface area (Å²) < 4.78 is 17.2. The van der Waals surface area contributed by atoms with Gasteiger partial charge in [0.15, 0.2) is 5.13 Å². The Bertz CT molecular complexity index is 973. The van der Waals surface area contributed by atoms with E-state index >= 15 is 0 Å². The quantitative estimate of drug-likeness (QED) is 0.472. The van der Waals surface area contributed by atoms with Crippen molar-refractivity contribution in [3.05, 3.63) is 64.2 Å². The van der Waals surface area contributed by atoms with Crippen LogP contribution in [0.5, 0.6) is 0 Å². The van der Waals surface area contributed by atoms with Crippen LogP contribution in [0.4, 0.5) is 20.0 Å². The highest BCUT2D eigenvalue weighted by Crippen LogP contribution is 2.28. The molecule has 2 aromatic carbocycles. The smallest absolute Gasteiger partial charge is 0.302 e. The molecular weight excluding hydrogens is 475 g/mol. The van der Waals surface area contributed by atoms with Crippen LogP contribution >= 0.6 is 39.2 Å². The molecule has 9 heteroatoms. The topological polar surface area (TPSA) is 48.5 Å². The Morgan fingerprint density at radius 3 is 2.45 bits per heavy atom. The first-order chi connectivity index (χ1) is 14.1. The molecule has 0 atom stereocenters. The van der Waals surface area contributed by atoms with E-state index in [4.69, 9.17) is 0 Å². The van der Waals surface area contributed by atoms with Crippen molar-refractivity contribution in [1.82, 2.24) is 9.88 Å². The molecule has 1 aliphatic rings. The van der Waals surface area contributed by atoms with E-state index in [0.717, 1.165) is 46.5 Å². The summed E-state index contributed by atoms with van der Waals surface area (Å²) in [6, 6.07) is 14.4. The van der Waals surface area contributed by atoms with Crippen LogP contribution in [0.1, 0.15) is 0 Å². The Kier molecular flexibility index (Phi) is 6.37. The fraction of sp³-hybridized carbons (Fsp3) is 0.200. The Balaban J connectivity index is 1.27. The van der Waals surface area contributed by atoms with Gasteiger partial charge in [-0.1, -0.05) is 28.1 Å². The van der Waals surface area contributed by atoms with Crippen LogP contribution in [0, 0.1) is 5.82 Å². The first-order valence-corrected chi connectivity index (χ1v) is 11.5. The van der Waals surface area contributed by atoms with E-state index in [9.17, 15) is 9.18 Å². The summed E-state index contributed by atoms with van der Waals surface area (Å²) in [7, 11) is 0. The summed E-state index contributed by atoms with van der Waals surface area (Å²) in [4.78, 5) is 21.0. The largest absolute Gasteiger partial charge is 0.368 e. The van der Waals surface area contributed by atoms with Crippen LogP contribution in [0.3, 0.4) is 0 Å². The van der Waals surface area contributed by atoms with Gasteiger partial charge in [0.05, 0.1) is 5.69 Å². The third-order valence-electron chi connectivity index (χ3n) is 4.60. The Hall–Kier alpha value is -2.10. The average Bonchev–Trinajstić information content (AvgIpc) is 3.22. The molecule has 3 aromatic rings. The normalized spacial score (nSPS) is 14.1. The van der Waals surface area contributed by atoms with Gasteiger partial charge in [-0.3, -0.25) is 9.52 Å². The number of rotatable bonds is 4. The van der Waals surface area contributed by atoms with Gasteiger partial charge >= 0.3 is 5.24 Å². The van der Waals surface area contributed by atoms with Crippen molar-refractivity contribution in [1.29, 1.82) is 0 Å². The van der Waals surface area contributed by atoms with E-state index in [0.29, 0.717) is 18.2 Å². The number of halogens is 2. The number of thiazole rings is 1. The van der Waals surface area contributed by atoms with E-state index in [-0.39, 0.29) is 11.1 Å². The van der Waals surface area contributed by atoms with Crippen LogP contribution in [0.15, 0.2) is 58.4 Å². The minimum absolute atomic E-state index is 0.0239. The van der Waals surface area contributed by atoms with Gasteiger partial charge in [0, 0.05) is 59.2 Å². The van der Waals surface area contributed by atoms with Crippen LogP contribution in [-0.2, 0) is 0 Å². The monoisotopic (exact) mass is 492 g/mol. The molecule has 1 aromatic heterocycles. The van der Waals surface area contributed by atoms with E-state index in [2.05, 4.69) is 30.5 Å². The second-order valence-electron chi connectivity index (χ2n) is 6.47. The summed E-state index contributed by atoms with van der Waals surface area (Å²) in [5, 5.41) is 2.65. The molecule has 0 saturated carbocycles. The molecule has 0 bridgehead atoms. The molecule has 1 saturated heterocycles. The number of nitrogens with zero attached hydrogens (tertiary/aromatic N) is 3. The number of hydrogen-bond acceptors (Lipinski definition) is 6. The number of benzene rings is 2. The fourth-order valence-electron chi connectivity index (χ4n) is 3.02. The number of hydrogen-bond donors (Lipinski definition) is 1. The zero-order valence-electron chi connectivity index (χ0n) is 15.3. The molecule has 0 unspecified atom stereocenters. The zero-order chi connectivity index (χ0) is 20.2. The molecule has 1 N–H and O–H groups in total. The maximum absolute atomic E-state index is 13.1. The minimum atomic E-state index is -0.240. The van der Waals surface area contributed by atoms with Gasteiger partial charge in [-0.25, -0.2) is 9.37 Å². The molecule has 0 spiro atoms. The molecule has 0 radical (unpaired) electrons. The second kappa shape index (κ2) is 9.15. The molecule has 29 heavy (non-hydrogen) atoms. The van der Waals surface area contributed by atoms with Crippen molar-refractivity contribution >= 4 is 55.3 Å². The lowest BCUT2D eigenvalue weighted by atomic mass is 10.2. The van der Waals surface area contributed by atoms with Gasteiger partial charge in [-0.2, -0.15) is 0 Å². The number of piperazine rings is 1. The predicted octanol–water partition coefficient (Wildman–Crippen LogP) is 5.71. The number of aromatic nitrogens is 1. The highest BCUT2D eigenvalue weighted by molar-refractivity contribution is 9.10. The summed E-state index contributed by atoms with van der Waals surface area (Å²) in [6.07, 6.45) is 0. The summed E-state index contributed by atoms with van der Waals surface area (Å²) >= 11 is 5.95. The average molecular weight is 493 g/mol. The van der Waals surface area contributed by atoms with Crippen LogP contribution < -0.4 is 9.62 Å². The SMILES string of the molecule is O=C(SNc1nc(-c2ccc(Br)cc2)cs1)N1CCN(c2ccc(F)cc2)CC1. The third-order valence-corrected chi connectivity index (χ3v) is 6.74. The van der Waals surface area contributed by atoms with E-state index in [1.807, 2.05) is 34.5 Å². The summed E-state index contributed by atoms with van der Waals surface area (Å²) in [5.74, 6) is -0.240. The Morgan fingerprint density at radius 1 is 1.07 bits per heavy atom. The molecule has 1 fully saturated rings. The van der Waals surface area contributed by atoms with Crippen molar-refractivity contribution in [2.75, 3.05) is 35.8 Å². The lowest BCUT2D eigenvalue weighted by Gasteiger charge is -2.35. The van der Waals surface area contributed by atoms with E-state index < -0.39 is 0 Å². The van der Waals surface area contributed by atoms with Crippen molar-refractivity contribution in [2.24, 2.45) is 0 Å². The lowest BCUT2D eigenvalue weighted by Crippen LogP contribution is -2.47. The predicted molar refractivity (Wildman–Crippen MR) is 122 cm³/mol. The standard InChI is InChI=1S/C20H18BrFN4OS2/c21-15-3-1-14(2-4-15)18-13-28-19(23-18)24-29-20(27)26-11-9-25(10-12-26)17-7-5-16(22)6-8-17/h1-8,13H,9-12H2,(H,23,24). The number of carbonyl (C=O) groups is 1. The van der Waals surface area contributed by atoms with Crippen LogP contribution in [0.2, 0.25) is 0 Å². The van der Waals surface area contributed by atoms with Gasteiger partial charge in [-0.05, 0) is 36.4 Å². The Morgan fingerprint density at radius 2 is 1.76 bits per heavy atom. The highest BCUT2D eigenvalue weighted by atomic mass is 79.9. The van der Waals surface area contributed by atoms with E-state index in [1.165, 1.54) is 23.5 Å². The number of amides is 1. The minimum Gasteiger partial charge on any atom is -0.368 e. The molecule has 5 nitrogen and oxygen atoms in total. The maximum Gasteiger partial charge on any atom is 0.302 e. The summed E-state index contributed by atoms with van der Waals surface area (Å²) in [6.45, 7) is 2.71. The maximum atomic E-state index is 13.1. The first-order valence-electron chi connectivity index (χ1n) is 9.02. The number of nitrogens with one attached hydrogen (secondary N) is 1. The van der Waals surface area contributed by atoms with Gasteiger partial charge in [0.25, 0.3) is 0 Å². The molecule has 150 valence electrons. The molecule has 2 heterocycles. The molecular formula is C20H18BrFN4OS2. The van der Waals surface area contributed by atoms with Gasteiger partial charge < -0.3 is 9.80 Å². The van der Waals surface area contributed by atoms with Crippen molar-refractivity contribution in [3.63, 3.8) is 0 Å². The molecule has 4 rings (SSSR count). The first kappa shape index (κ1) is 20.2. The zero-order valence-corrected chi connectivity index (χ0v) is 18.6. The molecule has 1 amide bonds. The van der Waals surface area contributed by atoms with Gasteiger partial charge in [-0.15, -0.1) is 11.3 Å². The fourth-order valence-corrected chi connectivity index (χ4v) is 4.70. The number of carbonyl (C=O) groups excluding carboxylic acids is 1. The molecule has 0 aliphatic carbocycles. The summed E-state index contributed by atoms with van der Waals surface area (Å²) in [5.41, 5.74) is 2.89. The Labute approximate surface area is 185 Å². The van der Waals surface area contributed by atoms with Crippen molar-refractivity contribution < 1.29 is 9.18 Å². The highest BCUT2D eigenvalue weighted by Gasteiger charge is 2.22. The lowest BCUT2D eigenvalue weighted by molar-refractivity contribution is 0.219. The van der Waals surface area contributed by atoms with Gasteiger partial charge in [0.2, 0.25) is 0 Å². The molecule has 1 aliphatic heterocycles. The van der Waals surface area contributed by atoms with Crippen LogP contribution in [-0.4, -0.2) is 41.3 Å². The van der Waals surface area contributed by atoms with E-state index in [1.54, 1.807) is 12.1 Å². The second-order valence-corrected chi connectivity index (χ2v) is 9.00. The number of anilines is 2. The van der Waals surface area contributed by atoms with Gasteiger partial charge in [0.1, 0.15) is 5.82 Å². The van der Waals surface area contributed by atoms with Crippen molar-refractivity contribution in [2.45, 2.75) is 0 Å². The van der Waals surface area contributed by atoms with Crippen molar-refractivity contribution in [3.8, 4) is 11.3 Å². The van der Waals surface area contributed by atoms with Crippen LogP contribution in [0.25, 0.3) is 11.3 Å². The third kappa shape index (κ3) is 5.09.